The molecule has 1 aromatic rings. The number of halogens is 2. The van der Waals surface area contributed by atoms with Crippen LogP contribution < -0.4 is 5.32 Å². The van der Waals surface area contributed by atoms with Crippen molar-refractivity contribution in [2.75, 3.05) is 0 Å². The Morgan fingerprint density at radius 1 is 1.23 bits per heavy atom. The van der Waals surface area contributed by atoms with Gasteiger partial charge in [0.15, 0.2) is 0 Å². The van der Waals surface area contributed by atoms with Gasteiger partial charge in [0.2, 0.25) is 5.91 Å². The zero-order valence-electron chi connectivity index (χ0n) is 11.9. The first kappa shape index (κ1) is 14.9. The number of hydrogen-bond donors (Lipinski definition) is 2. The van der Waals surface area contributed by atoms with Crippen molar-refractivity contribution in [3.63, 3.8) is 0 Å². The van der Waals surface area contributed by atoms with Gasteiger partial charge in [-0.25, -0.2) is 8.78 Å². The standard InChI is InChI=1S/C16H17F2NO3/c17-10-2-3-12(13(18)8-10)16(4-1-5-16)15(22)19-11-6-9(7-11)14(20)21/h2-3,8-9,11H,1,4-7H2,(H,19,22)(H,20,21). The zero-order chi connectivity index (χ0) is 15.9. The van der Waals surface area contributed by atoms with Crippen LogP contribution in [-0.4, -0.2) is 23.0 Å². The molecule has 0 unspecified atom stereocenters. The van der Waals surface area contributed by atoms with E-state index in [0.717, 1.165) is 18.6 Å². The number of carboxylic acid groups (broad SMARTS) is 1. The minimum Gasteiger partial charge on any atom is -0.481 e. The monoisotopic (exact) mass is 309 g/mol. The van der Waals surface area contributed by atoms with E-state index in [-0.39, 0.29) is 17.5 Å². The van der Waals surface area contributed by atoms with E-state index in [1.807, 2.05) is 0 Å². The third-order valence-corrected chi connectivity index (χ3v) is 4.91. The maximum absolute atomic E-state index is 14.0. The van der Waals surface area contributed by atoms with Crippen LogP contribution in [0.3, 0.4) is 0 Å². The van der Waals surface area contributed by atoms with Crippen LogP contribution in [0.2, 0.25) is 0 Å². The molecule has 1 amide bonds. The summed E-state index contributed by atoms with van der Waals surface area (Å²) in [7, 11) is 0. The molecule has 0 bridgehead atoms. The summed E-state index contributed by atoms with van der Waals surface area (Å²) in [6.45, 7) is 0. The van der Waals surface area contributed by atoms with Gasteiger partial charge in [0, 0.05) is 17.7 Å². The van der Waals surface area contributed by atoms with E-state index >= 15 is 0 Å². The Bertz CT molecular complexity index is 622. The fourth-order valence-corrected chi connectivity index (χ4v) is 3.29. The van der Waals surface area contributed by atoms with Crippen LogP contribution in [0.4, 0.5) is 8.78 Å². The Labute approximate surface area is 126 Å². The first-order chi connectivity index (χ1) is 10.4. The number of benzene rings is 1. The van der Waals surface area contributed by atoms with Gasteiger partial charge < -0.3 is 10.4 Å². The lowest BCUT2D eigenvalue weighted by Gasteiger charge is -2.43. The fraction of sp³-hybridized carbons (Fsp3) is 0.500. The summed E-state index contributed by atoms with van der Waals surface area (Å²) >= 11 is 0. The topological polar surface area (TPSA) is 66.4 Å². The molecule has 0 heterocycles. The van der Waals surface area contributed by atoms with Gasteiger partial charge >= 0.3 is 5.97 Å². The third kappa shape index (κ3) is 2.36. The third-order valence-electron chi connectivity index (χ3n) is 4.91. The summed E-state index contributed by atoms with van der Waals surface area (Å²) in [5.74, 6) is -2.91. The molecule has 6 heteroatoms. The molecule has 2 N–H and O–H groups in total. The van der Waals surface area contributed by atoms with Crippen molar-refractivity contribution in [2.45, 2.75) is 43.6 Å². The molecule has 2 aliphatic carbocycles. The molecular weight excluding hydrogens is 292 g/mol. The summed E-state index contributed by atoms with van der Waals surface area (Å²) in [5.41, 5.74) is -0.710. The highest BCUT2D eigenvalue weighted by molar-refractivity contribution is 5.89. The van der Waals surface area contributed by atoms with Crippen LogP contribution in [0, 0.1) is 17.6 Å². The van der Waals surface area contributed by atoms with Gasteiger partial charge in [-0.05, 0) is 31.7 Å². The molecule has 0 saturated heterocycles. The Balaban J connectivity index is 1.73. The van der Waals surface area contributed by atoms with E-state index in [2.05, 4.69) is 5.32 Å². The molecule has 0 atom stereocenters. The average Bonchev–Trinajstić information content (AvgIpc) is 2.33. The summed E-state index contributed by atoms with van der Waals surface area (Å²) < 4.78 is 27.1. The van der Waals surface area contributed by atoms with Crippen LogP contribution >= 0.6 is 0 Å². The molecule has 118 valence electrons. The SMILES string of the molecule is O=C(O)C1CC(NC(=O)C2(c3ccc(F)cc3F)CCC2)C1. The number of hydrogen-bond acceptors (Lipinski definition) is 2. The first-order valence-electron chi connectivity index (χ1n) is 7.42. The van der Waals surface area contributed by atoms with Gasteiger partial charge in [-0.1, -0.05) is 12.5 Å². The minimum absolute atomic E-state index is 0.172. The number of amides is 1. The molecule has 2 aliphatic rings. The first-order valence-corrected chi connectivity index (χ1v) is 7.42. The molecule has 2 saturated carbocycles. The number of carbonyl (C=O) groups excluding carboxylic acids is 1. The quantitative estimate of drug-likeness (QED) is 0.897. The minimum atomic E-state index is -0.938. The van der Waals surface area contributed by atoms with Crippen molar-refractivity contribution in [1.82, 2.24) is 5.32 Å². The van der Waals surface area contributed by atoms with Gasteiger partial charge in [-0.2, -0.15) is 0 Å². The average molecular weight is 309 g/mol. The highest BCUT2D eigenvalue weighted by atomic mass is 19.1. The van der Waals surface area contributed by atoms with Crippen molar-refractivity contribution in [3.8, 4) is 0 Å². The van der Waals surface area contributed by atoms with Crippen LogP contribution in [0.1, 0.15) is 37.7 Å². The van der Waals surface area contributed by atoms with Crippen LogP contribution in [0.25, 0.3) is 0 Å². The van der Waals surface area contributed by atoms with E-state index in [0.29, 0.717) is 25.7 Å². The highest BCUT2D eigenvalue weighted by Gasteiger charge is 2.48. The van der Waals surface area contributed by atoms with Crippen molar-refractivity contribution in [3.05, 3.63) is 35.4 Å². The molecule has 1 aromatic carbocycles. The molecule has 0 radical (unpaired) electrons. The molecule has 3 rings (SSSR count). The fourth-order valence-electron chi connectivity index (χ4n) is 3.29. The van der Waals surface area contributed by atoms with Crippen molar-refractivity contribution < 1.29 is 23.5 Å². The summed E-state index contributed by atoms with van der Waals surface area (Å²) in [6, 6.07) is 3.13. The predicted octanol–water partition coefficient (Wildman–Crippen LogP) is 2.37. The predicted molar refractivity (Wildman–Crippen MR) is 74.2 cm³/mol. The molecule has 0 aliphatic heterocycles. The van der Waals surface area contributed by atoms with Crippen LogP contribution in [0.15, 0.2) is 18.2 Å². The number of carbonyl (C=O) groups is 2. The van der Waals surface area contributed by atoms with E-state index in [4.69, 9.17) is 5.11 Å². The summed E-state index contributed by atoms with van der Waals surface area (Å²) in [4.78, 5) is 23.3. The van der Waals surface area contributed by atoms with E-state index < -0.39 is 28.9 Å². The lowest BCUT2D eigenvalue weighted by atomic mass is 9.63. The molecule has 2 fully saturated rings. The number of carboxylic acids is 1. The number of aliphatic carboxylic acids is 1. The highest BCUT2D eigenvalue weighted by Crippen LogP contribution is 2.45. The second kappa shape index (κ2) is 5.34. The van der Waals surface area contributed by atoms with E-state index in [1.54, 1.807) is 0 Å². The molecule has 0 spiro atoms. The Hall–Kier alpha value is -1.98. The maximum atomic E-state index is 14.0. The van der Waals surface area contributed by atoms with Crippen molar-refractivity contribution >= 4 is 11.9 Å². The zero-order valence-corrected chi connectivity index (χ0v) is 11.9. The Morgan fingerprint density at radius 3 is 2.41 bits per heavy atom. The second-order valence-corrected chi connectivity index (χ2v) is 6.24. The normalized spacial score (nSPS) is 25.7. The Morgan fingerprint density at radius 2 is 1.91 bits per heavy atom. The second-order valence-electron chi connectivity index (χ2n) is 6.24. The van der Waals surface area contributed by atoms with Gasteiger partial charge in [0.05, 0.1) is 11.3 Å². The number of rotatable bonds is 4. The van der Waals surface area contributed by atoms with E-state index in [1.165, 1.54) is 6.07 Å². The van der Waals surface area contributed by atoms with Crippen molar-refractivity contribution in [1.29, 1.82) is 0 Å². The molecule has 0 aromatic heterocycles. The summed E-state index contributed by atoms with van der Waals surface area (Å²) in [6.07, 6.45) is 2.67. The van der Waals surface area contributed by atoms with Crippen LogP contribution in [-0.2, 0) is 15.0 Å². The van der Waals surface area contributed by atoms with Gasteiger partial charge in [0.1, 0.15) is 11.6 Å². The maximum Gasteiger partial charge on any atom is 0.306 e. The lowest BCUT2D eigenvalue weighted by Crippen LogP contribution is -2.55. The number of nitrogens with one attached hydrogen (secondary N) is 1. The smallest absolute Gasteiger partial charge is 0.306 e. The molecule has 4 nitrogen and oxygen atoms in total. The summed E-state index contributed by atoms with van der Waals surface area (Å²) in [5, 5.41) is 11.7. The lowest BCUT2D eigenvalue weighted by molar-refractivity contribution is -0.147. The van der Waals surface area contributed by atoms with Gasteiger partial charge in [0.25, 0.3) is 0 Å². The molecular formula is C16H17F2NO3. The van der Waals surface area contributed by atoms with Crippen LogP contribution in [0.5, 0.6) is 0 Å². The van der Waals surface area contributed by atoms with Gasteiger partial charge in [-0.3, -0.25) is 9.59 Å². The van der Waals surface area contributed by atoms with E-state index in [9.17, 15) is 18.4 Å². The van der Waals surface area contributed by atoms with Gasteiger partial charge in [-0.15, -0.1) is 0 Å². The molecule has 22 heavy (non-hydrogen) atoms. The van der Waals surface area contributed by atoms with Crippen molar-refractivity contribution in [2.24, 2.45) is 5.92 Å². The Kier molecular flexibility index (Phi) is 3.62. The largest absolute Gasteiger partial charge is 0.481 e.